The van der Waals surface area contributed by atoms with Crippen LogP contribution in [0.25, 0.3) is 11.3 Å². The number of guanidine groups is 1. The average Bonchev–Trinajstić information content (AvgIpc) is 3.44. The summed E-state index contributed by atoms with van der Waals surface area (Å²) in [7, 11) is 3.59. The van der Waals surface area contributed by atoms with Crippen LogP contribution in [0.1, 0.15) is 37.7 Å². The predicted molar refractivity (Wildman–Crippen MR) is 123 cm³/mol. The highest BCUT2D eigenvalue weighted by molar-refractivity contribution is 6.06. The van der Waals surface area contributed by atoms with Crippen LogP contribution in [0.5, 0.6) is 5.75 Å². The third-order valence-corrected chi connectivity index (χ3v) is 6.52. The molecule has 8 heteroatoms. The number of benzene rings is 1. The molecule has 2 aliphatic rings. The van der Waals surface area contributed by atoms with E-state index in [1.54, 1.807) is 13.3 Å². The summed E-state index contributed by atoms with van der Waals surface area (Å²) in [5.41, 5.74) is 10.1. The molecular formula is C23H29N7O. The molecule has 1 saturated carbocycles. The Morgan fingerprint density at radius 3 is 2.77 bits per heavy atom. The minimum absolute atomic E-state index is 0.323. The number of aliphatic imine (C=N–C) groups is 1. The summed E-state index contributed by atoms with van der Waals surface area (Å²) in [5, 5.41) is 11.0. The number of hydrogen-bond acceptors (Lipinski definition) is 6. The molecule has 0 saturated heterocycles. The highest BCUT2D eigenvalue weighted by Crippen LogP contribution is 2.43. The van der Waals surface area contributed by atoms with Gasteiger partial charge in [-0.05, 0) is 37.1 Å². The van der Waals surface area contributed by atoms with Crippen LogP contribution in [-0.4, -0.2) is 27.8 Å². The van der Waals surface area contributed by atoms with Crippen LogP contribution in [0.2, 0.25) is 0 Å². The minimum Gasteiger partial charge on any atom is -0.495 e. The van der Waals surface area contributed by atoms with Crippen LogP contribution >= 0.6 is 0 Å². The quantitative estimate of drug-likeness (QED) is 0.511. The lowest BCUT2D eigenvalue weighted by Crippen LogP contribution is -2.48. The fourth-order valence-electron chi connectivity index (χ4n) is 4.85. The number of H-pyrrole nitrogens is 1. The van der Waals surface area contributed by atoms with Gasteiger partial charge in [0.15, 0.2) is 0 Å². The van der Waals surface area contributed by atoms with Gasteiger partial charge in [0.1, 0.15) is 17.2 Å². The number of nitrogens with two attached hydrogens (primary N) is 1. The maximum absolute atomic E-state index is 6.98. The molecule has 8 nitrogen and oxygen atoms in total. The van der Waals surface area contributed by atoms with Crippen LogP contribution in [-0.2, 0) is 12.7 Å². The normalized spacial score (nSPS) is 21.2. The van der Waals surface area contributed by atoms with Crippen molar-refractivity contribution in [2.45, 2.75) is 37.8 Å². The smallest absolute Gasteiger partial charge is 0.203 e. The van der Waals surface area contributed by atoms with Crippen LogP contribution in [0.3, 0.4) is 0 Å². The van der Waals surface area contributed by atoms with Gasteiger partial charge in [0.25, 0.3) is 0 Å². The van der Waals surface area contributed by atoms with Gasteiger partial charge in [0, 0.05) is 36.5 Å². The van der Waals surface area contributed by atoms with Crippen molar-refractivity contribution in [2.75, 3.05) is 17.7 Å². The van der Waals surface area contributed by atoms with Crippen molar-refractivity contribution >= 4 is 17.5 Å². The van der Waals surface area contributed by atoms with Crippen LogP contribution < -0.4 is 21.1 Å². The lowest BCUT2D eigenvalue weighted by atomic mass is 9.77. The van der Waals surface area contributed by atoms with E-state index < -0.39 is 5.66 Å². The van der Waals surface area contributed by atoms with E-state index in [9.17, 15) is 0 Å². The van der Waals surface area contributed by atoms with Crippen molar-refractivity contribution in [1.82, 2.24) is 14.8 Å². The first kappa shape index (κ1) is 19.7. The van der Waals surface area contributed by atoms with E-state index in [-0.39, 0.29) is 0 Å². The second-order valence-corrected chi connectivity index (χ2v) is 8.39. The Kier molecular flexibility index (Phi) is 4.94. The van der Waals surface area contributed by atoms with Crippen molar-refractivity contribution in [3.8, 4) is 17.0 Å². The van der Waals surface area contributed by atoms with Gasteiger partial charge in [0.05, 0.1) is 18.5 Å². The van der Waals surface area contributed by atoms with E-state index in [0.29, 0.717) is 11.9 Å². The molecule has 0 amide bonds. The molecule has 3 heterocycles. The summed E-state index contributed by atoms with van der Waals surface area (Å²) in [4.78, 5) is 8.27. The number of fused-ring (bicyclic) bond motifs is 1. The highest BCUT2D eigenvalue weighted by atomic mass is 16.5. The molecule has 0 spiro atoms. The third kappa shape index (κ3) is 3.46. The monoisotopic (exact) mass is 419 g/mol. The van der Waals surface area contributed by atoms with Crippen LogP contribution in [0, 0.1) is 5.92 Å². The number of aromatic nitrogens is 3. The Hall–Kier alpha value is -3.26. The van der Waals surface area contributed by atoms with Crippen molar-refractivity contribution in [3.05, 3.63) is 48.3 Å². The number of rotatable bonds is 4. The maximum Gasteiger partial charge on any atom is 0.203 e. The Bertz CT molecular complexity index is 1110. The number of hydrogen-bond donors (Lipinski definition) is 4. The summed E-state index contributed by atoms with van der Waals surface area (Å²) in [6, 6.07) is 10.1. The molecule has 5 N–H and O–H groups in total. The molecule has 1 aliphatic carbocycles. The third-order valence-electron chi connectivity index (χ3n) is 6.52. The Morgan fingerprint density at radius 2 is 2.03 bits per heavy atom. The molecule has 0 radical (unpaired) electrons. The number of ether oxygens (including phenoxy) is 1. The molecule has 1 fully saturated rings. The molecule has 0 bridgehead atoms. The maximum atomic E-state index is 6.98. The van der Waals surface area contributed by atoms with E-state index in [1.165, 1.54) is 19.3 Å². The van der Waals surface area contributed by atoms with Crippen molar-refractivity contribution in [1.29, 1.82) is 0 Å². The van der Waals surface area contributed by atoms with E-state index in [4.69, 9.17) is 15.5 Å². The van der Waals surface area contributed by atoms with E-state index in [1.807, 2.05) is 48.3 Å². The zero-order chi connectivity index (χ0) is 21.4. The van der Waals surface area contributed by atoms with Crippen molar-refractivity contribution in [3.63, 3.8) is 0 Å². The van der Waals surface area contributed by atoms with Gasteiger partial charge in [-0.1, -0.05) is 25.3 Å². The van der Waals surface area contributed by atoms with Crippen molar-refractivity contribution < 1.29 is 4.74 Å². The van der Waals surface area contributed by atoms with Gasteiger partial charge >= 0.3 is 0 Å². The molecule has 2 aromatic heterocycles. The number of nitrogens with one attached hydrogen (secondary N) is 3. The first-order valence-electron chi connectivity index (χ1n) is 10.9. The largest absolute Gasteiger partial charge is 0.495 e. The topological polar surface area (TPSA) is 105 Å². The van der Waals surface area contributed by atoms with Gasteiger partial charge < -0.3 is 26.1 Å². The molecular weight excluding hydrogens is 390 g/mol. The van der Waals surface area contributed by atoms with E-state index >= 15 is 0 Å². The first-order valence-corrected chi connectivity index (χ1v) is 10.9. The number of aryl methyl sites for hydroxylation is 1. The fourth-order valence-corrected chi connectivity index (χ4v) is 4.85. The lowest BCUT2D eigenvalue weighted by Gasteiger charge is -2.39. The molecule has 162 valence electrons. The van der Waals surface area contributed by atoms with Crippen molar-refractivity contribution in [2.24, 2.45) is 23.7 Å². The first-order chi connectivity index (χ1) is 15.1. The fraction of sp³-hybridized carbons (Fsp3) is 0.391. The number of aromatic amines is 1. The predicted octanol–water partition coefficient (Wildman–Crippen LogP) is 4.01. The van der Waals surface area contributed by atoms with Gasteiger partial charge in [-0.15, -0.1) is 0 Å². The van der Waals surface area contributed by atoms with Gasteiger partial charge in [-0.3, -0.25) is 4.68 Å². The second-order valence-electron chi connectivity index (χ2n) is 8.39. The van der Waals surface area contributed by atoms with Gasteiger partial charge in [0.2, 0.25) is 5.96 Å². The summed E-state index contributed by atoms with van der Waals surface area (Å²) >= 11 is 0. The Morgan fingerprint density at radius 1 is 1.19 bits per heavy atom. The van der Waals surface area contributed by atoms with E-state index in [0.717, 1.165) is 46.9 Å². The lowest BCUT2D eigenvalue weighted by molar-refractivity contribution is 0.214. The zero-order valence-electron chi connectivity index (χ0n) is 18.0. The molecule has 1 unspecified atom stereocenters. The molecule has 3 aromatic rings. The average molecular weight is 420 g/mol. The van der Waals surface area contributed by atoms with Crippen LogP contribution in [0.15, 0.2) is 47.7 Å². The minimum atomic E-state index is -0.745. The summed E-state index contributed by atoms with van der Waals surface area (Å²) in [5.74, 6) is 2.57. The van der Waals surface area contributed by atoms with Crippen LogP contribution in [0.4, 0.5) is 11.5 Å². The zero-order valence-corrected chi connectivity index (χ0v) is 18.0. The second kappa shape index (κ2) is 7.77. The molecule has 1 atom stereocenters. The Balaban J connectivity index is 1.47. The molecule has 31 heavy (non-hydrogen) atoms. The number of nitrogens with zero attached hydrogens (tertiary/aromatic N) is 3. The summed E-state index contributed by atoms with van der Waals surface area (Å²) in [6.45, 7) is 0. The standard InChI is InChI=1S/C23H29N7O/c1-30-19(11-13-26-30)15-8-9-18(20(14-15)31-2)27-22-28-21-17(10-12-25-21)23(24,29-22)16-6-4-3-5-7-16/h8-14,16,25H,3-7,24H2,1-2H3,(H2,27,28,29). The summed E-state index contributed by atoms with van der Waals surface area (Å²) < 4.78 is 7.52. The SMILES string of the molecule is COc1cc(-c2ccnn2C)ccc1NC1=NC(N)(C2CCCCC2)c2cc[nH]c2N1. The molecule has 1 aliphatic heterocycles. The number of anilines is 2. The molecule has 1 aromatic carbocycles. The number of methoxy groups -OCH3 is 1. The molecule has 5 rings (SSSR count). The van der Waals surface area contributed by atoms with Gasteiger partial charge in [-0.25, -0.2) is 4.99 Å². The Labute approximate surface area is 181 Å². The highest BCUT2D eigenvalue weighted by Gasteiger charge is 2.42. The van der Waals surface area contributed by atoms with Gasteiger partial charge in [-0.2, -0.15) is 5.10 Å². The summed E-state index contributed by atoms with van der Waals surface area (Å²) in [6.07, 6.45) is 9.59. The van der Waals surface area contributed by atoms with E-state index in [2.05, 4.69) is 20.7 Å².